The molecule has 0 spiro atoms. The molecule has 1 fully saturated rings. The van der Waals surface area contributed by atoms with Crippen molar-refractivity contribution in [3.63, 3.8) is 0 Å². The topological polar surface area (TPSA) is 32.3 Å². The van der Waals surface area contributed by atoms with Crippen LogP contribution in [0.25, 0.3) is 0 Å². The number of hydrogen-bond donors (Lipinski definition) is 1. The van der Waals surface area contributed by atoms with Gasteiger partial charge in [0.15, 0.2) is 0 Å². The fourth-order valence-electron chi connectivity index (χ4n) is 2.22. The van der Waals surface area contributed by atoms with Gasteiger partial charge in [0.25, 0.3) is 0 Å². The number of nitrogens with zero attached hydrogens (tertiary/aromatic N) is 1. The van der Waals surface area contributed by atoms with Crippen LogP contribution in [0.3, 0.4) is 0 Å². The normalized spacial score (nSPS) is 19.7. The van der Waals surface area contributed by atoms with Crippen LogP contribution in [0.1, 0.15) is 18.9 Å². The zero-order chi connectivity index (χ0) is 12.3. The van der Waals surface area contributed by atoms with Gasteiger partial charge in [0.2, 0.25) is 5.91 Å². The maximum Gasteiger partial charge on any atom is 0.237 e. The number of hydrogen-bond acceptors (Lipinski definition) is 2. The molecule has 1 heterocycles. The highest BCUT2D eigenvalue weighted by molar-refractivity contribution is 9.10. The van der Waals surface area contributed by atoms with Crippen LogP contribution in [-0.2, 0) is 11.3 Å². The predicted molar refractivity (Wildman–Crippen MR) is 71.6 cm³/mol. The maximum absolute atomic E-state index is 11.7. The highest BCUT2D eigenvalue weighted by atomic mass is 79.9. The van der Waals surface area contributed by atoms with Crippen LogP contribution in [0, 0.1) is 0 Å². The third-order valence-corrected chi connectivity index (χ3v) is 3.97. The summed E-state index contributed by atoms with van der Waals surface area (Å²) in [6.07, 6.45) is 0.914. The van der Waals surface area contributed by atoms with Gasteiger partial charge in [-0.05, 0) is 24.6 Å². The number of carbonyl (C=O) groups excluding carboxylic acids is 1. The van der Waals surface area contributed by atoms with Crippen LogP contribution in [0.5, 0.6) is 0 Å². The van der Waals surface area contributed by atoms with Crippen molar-refractivity contribution >= 4 is 21.8 Å². The molecule has 1 saturated heterocycles. The Labute approximate surface area is 110 Å². The second-order valence-electron chi connectivity index (χ2n) is 4.25. The van der Waals surface area contributed by atoms with E-state index in [9.17, 15) is 4.79 Å². The number of halogens is 1. The highest BCUT2D eigenvalue weighted by Gasteiger charge is 2.29. The number of carbonyl (C=O) groups is 1. The number of likely N-dealkylation sites (N-methyl/N-ethyl adjacent to an activating group) is 1. The smallest absolute Gasteiger partial charge is 0.237 e. The van der Waals surface area contributed by atoms with Crippen LogP contribution in [-0.4, -0.2) is 29.9 Å². The Balaban J connectivity index is 2.10. The highest BCUT2D eigenvalue weighted by Crippen LogP contribution is 2.20. The molecular formula is C13H17BrN2O. The molecule has 0 bridgehead atoms. The van der Waals surface area contributed by atoms with Gasteiger partial charge in [0.1, 0.15) is 0 Å². The van der Waals surface area contributed by atoms with E-state index in [1.165, 1.54) is 5.56 Å². The molecule has 1 aliphatic heterocycles. The van der Waals surface area contributed by atoms with Crippen molar-refractivity contribution in [1.29, 1.82) is 0 Å². The van der Waals surface area contributed by atoms with E-state index < -0.39 is 0 Å². The standard InChI is InChI=1S/C13H17BrN2O/c1-2-16(12-7-8-15-13(12)17)9-10-5-3-4-6-11(10)14/h3-6,12H,2,7-9H2,1H3,(H,15,17)/t12-/m1/s1. The van der Waals surface area contributed by atoms with Crippen molar-refractivity contribution in [2.75, 3.05) is 13.1 Å². The van der Waals surface area contributed by atoms with Crippen molar-refractivity contribution < 1.29 is 4.79 Å². The molecule has 0 unspecified atom stereocenters. The van der Waals surface area contributed by atoms with Gasteiger partial charge in [-0.15, -0.1) is 0 Å². The lowest BCUT2D eigenvalue weighted by Gasteiger charge is -2.25. The Hall–Kier alpha value is -0.870. The van der Waals surface area contributed by atoms with Gasteiger partial charge in [0.05, 0.1) is 6.04 Å². The first-order valence-corrected chi connectivity index (χ1v) is 6.77. The van der Waals surface area contributed by atoms with Gasteiger partial charge >= 0.3 is 0 Å². The summed E-state index contributed by atoms with van der Waals surface area (Å²) in [5.74, 6) is 0.166. The summed E-state index contributed by atoms with van der Waals surface area (Å²) in [6.45, 7) is 4.60. The lowest BCUT2D eigenvalue weighted by molar-refractivity contribution is -0.123. The summed E-state index contributed by atoms with van der Waals surface area (Å²) in [5.41, 5.74) is 1.23. The summed E-state index contributed by atoms with van der Waals surface area (Å²) in [7, 11) is 0. The fourth-order valence-corrected chi connectivity index (χ4v) is 2.63. The van der Waals surface area contributed by atoms with Gasteiger partial charge in [0, 0.05) is 17.6 Å². The SMILES string of the molecule is CCN(Cc1ccccc1Br)[C@@H]1CCNC1=O. The first-order valence-electron chi connectivity index (χ1n) is 5.97. The first kappa shape index (κ1) is 12.6. The number of rotatable bonds is 4. The van der Waals surface area contributed by atoms with E-state index >= 15 is 0 Å². The van der Waals surface area contributed by atoms with Crippen molar-refractivity contribution in [3.05, 3.63) is 34.3 Å². The van der Waals surface area contributed by atoms with Crippen molar-refractivity contribution in [1.82, 2.24) is 10.2 Å². The average molecular weight is 297 g/mol. The molecule has 1 amide bonds. The van der Waals surface area contributed by atoms with E-state index in [-0.39, 0.29) is 11.9 Å². The lowest BCUT2D eigenvalue weighted by atomic mass is 10.1. The van der Waals surface area contributed by atoms with Crippen LogP contribution < -0.4 is 5.32 Å². The Morgan fingerprint density at radius 2 is 2.24 bits per heavy atom. The molecule has 4 heteroatoms. The molecule has 2 rings (SSSR count). The number of nitrogens with one attached hydrogen (secondary N) is 1. The molecule has 17 heavy (non-hydrogen) atoms. The average Bonchev–Trinajstić information content (AvgIpc) is 2.75. The summed E-state index contributed by atoms with van der Waals surface area (Å²) in [5, 5.41) is 2.89. The van der Waals surface area contributed by atoms with Gasteiger partial charge in [-0.25, -0.2) is 0 Å². The van der Waals surface area contributed by atoms with Crippen LogP contribution in [0.15, 0.2) is 28.7 Å². The van der Waals surface area contributed by atoms with E-state index in [0.29, 0.717) is 0 Å². The van der Waals surface area contributed by atoms with E-state index in [4.69, 9.17) is 0 Å². The van der Waals surface area contributed by atoms with Crippen LogP contribution in [0.2, 0.25) is 0 Å². The summed E-state index contributed by atoms with van der Waals surface area (Å²) in [6, 6.07) is 8.21. The third kappa shape index (κ3) is 2.87. The number of amides is 1. The van der Waals surface area contributed by atoms with Crippen molar-refractivity contribution in [2.24, 2.45) is 0 Å². The Morgan fingerprint density at radius 1 is 1.47 bits per heavy atom. The van der Waals surface area contributed by atoms with Crippen LogP contribution >= 0.6 is 15.9 Å². The molecule has 3 nitrogen and oxygen atoms in total. The van der Waals surface area contributed by atoms with Gasteiger partial charge in [-0.1, -0.05) is 41.1 Å². The molecular weight excluding hydrogens is 280 g/mol. The van der Waals surface area contributed by atoms with E-state index in [1.807, 2.05) is 18.2 Å². The molecule has 1 aromatic carbocycles. The van der Waals surface area contributed by atoms with Gasteiger partial charge < -0.3 is 5.32 Å². The van der Waals surface area contributed by atoms with Gasteiger partial charge in [-0.3, -0.25) is 9.69 Å². The Bertz CT molecular complexity index is 408. The minimum Gasteiger partial charge on any atom is -0.355 e. The van der Waals surface area contributed by atoms with E-state index in [1.54, 1.807) is 0 Å². The molecule has 0 saturated carbocycles. The lowest BCUT2D eigenvalue weighted by Crippen LogP contribution is -2.40. The zero-order valence-corrected chi connectivity index (χ0v) is 11.5. The molecule has 1 aromatic rings. The minimum atomic E-state index is 0.0344. The van der Waals surface area contributed by atoms with E-state index in [2.05, 4.69) is 39.1 Å². The molecule has 0 radical (unpaired) electrons. The first-order chi connectivity index (χ1) is 8.22. The molecule has 92 valence electrons. The monoisotopic (exact) mass is 296 g/mol. The summed E-state index contributed by atoms with van der Waals surface area (Å²) < 4.78 is 1.11. The minimum absolute atomic E-state index is 0.0344. The maximum atomic E-state index is 11.7. The molecule has 0 aliphatic carbocycles. The quantitative estimate of drug-likeness (QED) is 0.923. The molecule has 1 atom stereocenters. The molecule has 0 aromatic heterocycles. The van der Waals surface area contributed by atoms with Crippen LogP contribution in [0.4, 0.5) is 0 Å². The Kier molecular flexibility index (Phi) is 4.18. The largest absolute Gasteiger partial charge is 0.355 e. The zero-order valence-electron chi connectivity index (χ0n) is 9.95. The second kappa shape index (κ2) is 5.65. The second-order valence-corrected chi connectivity index (χ2v) is 5.10. The van der Waals surface area contributed by atoms with Crippen molar-refractivity contribution in [3.8, 4) is 0 Å². The molecule has 1 aliphatic rings. The summed E-state index contributed by atoms with van der Waals surface area (Å²) >= 11 is 3.55. The number of benzene rings is 1. The Morgan fingerprint density at radius 3 is 2.82 bits per heavy atom. The third-order valence-electron chi connectivity index (χ3n) is 3.20. The van der Waals surface area contributed by atoms with E-state index in [0.717, 1.165) is 30.5 Å². The van der Waals surface area contributed by atoms with Gasteiger partial charge in [-0.2, -0.15) is 0 Å². The summed E-state index contributed by atoms with van der Waals surface area (Å²) in [4.78, 5) is 13.9. The fraction of sp³-hybridized carbons (Fsp3) is 0.462. The van der Waals surface area contributed by atoms with Crippen molar-refractivity contribution in [2.45, 2.75) is 25.9 Å². The predicted octanol–water partition coefficient (Wildman–Crippen LogP) is 2.16. The molecule has 1 N–H and O–H groups in total.